The zero-order valence-electron chi connectivity index (χ0n) is 12.4. The van der Waals surface area contributed by atoms with E-state index in [1.807, 2.05) is 18.2 Å². The van der Waals surface area contributed by atoms with Crippen molar-refractivity contribution in [2.75, 3.05) is 5.32 Å². The molecule has 0 saturated carbocycles. The number of carboxylic acid groups (broad SMARTS) is 1. The van der Waals surface area contributed by atoms with E-state index < -0.39 is 5.97 Å². The number of aromatic carboxylic acids is 1. The molecule has 3 nitrogen and oxygen atoms in total. The van der Waals surface area contributed by atoms with Crippen LogP contribution in [-0.2, 0) is 0 Å². The Balaban J connectivity index is 1.84. The van der Waals surface area contributed by atoms with E-state index in [9.17, 15) is 9.90 Å². The van der Waals surface area contributed by atoms with Gasteiger partial charge in [-0.25, -0.2) is 4.79 Å². The first-order valence-corrected chi connectivity index (χ1v) is 8.08. The van der Waals surface area contributed by atoms with Gasteiger partial charge in [-0.3, -0.25) is 0 Å². The van der Waals surface area contributed by atoms with Crippen LogP contribution in [0.4, 0.5) is 5.69 Å². The van der Waals surface area contributed by atoms with E-state index in [4.69, 9.17) is 11.6 Å². The van der Waals surface area contributed by atoms with Gasteiger partial charge >= 0.3 is 5.97 Å². The van der Waals surface area contributed by atoms with Gasteiger partial charge in [-0.05, 0) is 35.6 Å². The summed E-state index contributed by atoms with van der Waals surface area (Å²) < 4.78 is 0. The lowest BCUT2D eigenvalue weighted by Crippen LogP contribution is -2.29. The number of hydrogen-bond acceptors (Lipinski definition) is 2. The summed E-state index contributed by atoms with van der Waals surface area (Å²) in [6, 6.07) is 13.8. The average molecular weight is 326 g/mol. The molecule has 0 saturated heterocycles. The normalized spacial score (nSPS) is 24.7. The van der Waals surface area contributed by atoms with Crippen LogP contribution >= 0.6 is 11.6 Å². The second-order valence-electron chi connectivity index (χ2n) is 6.11. The number of anilines is 1. The van der Waals surface area contributed by atoms with Crippen molar-refractivity contribution in [1.82, 2.24) is 0 Å². The first kappa shape index (κ1) is 14.3. The van der Waals surface area contributed by atoms with Gasteiger partial charge in [-0.1, -0.05) is 54.1 Å². The number of hydrogen-bond donors (Lipinski definition) is 2. The van der Waals surface area contributed by atoms with E-state index in [-0.39, 0.29) is 17.5 Å². The minimum atomic E-state index is -0.946. The van der Waals surface area contributed by atoms with Crippen molar-refractivity contribution in [3.8, 4) is 0 Å². The fraction of sp³-hybridized carbons (Fsp3) is 0.211. The fourth-order valence-electron chi connectivity index (χ4n) is 3.77. The minimum Gasteiger partial charge on any atom is -0.478 e. The molecule has 2 aromatic rings. The number of fused-ring (bicyclic) bond motifs is 3. The van der Waals surface area contributed by atoms with Gasteiger partial charge in [-0.15, -0.1) is 0 Å². The predicted octanol–water partition coefficient (Wildman–Crippen LogP) is 4.86. The number of allylic oxidation sites excluding steroid dienone is 2. The maximum atomic E-state index is 11.3. The number of benzene rings is 2. The third kappa shape index (κ3) is 2.32. The zero-order valence-corrected chi connectivity index (χ0v) is 13.1. The van der Waals surface area contributed by atoms with E-state index >= 15 is 0 Å². The van der Waals surface area contributed by atoms with E-state index in [1.54, 1.807) is 6.07 Å². The Hall–Kier alpha value is -2.26. The second kappa shape index (κ2) is 5.43. The largest absolute Gasteiger partial charge is 0.478 e. The molecule has 4 rings (SSSR count). The van der Waals surface area contributed by atoms with Crippen LogP contribution in [0.3, 0.4) is 0 Å². The standard InChI is InChI=1S/C19H16ClNO2/c20-16-10-12(19(22)23)9-15-13-7-4-8-14(13)17(21-18(15)16)11-5-2-1-3-6-11/h1-7,9-10,13-14,17,21H,8H2,(H,22,23). The summed E-state index contributed by atoms with van der Waals surface area (Å²) in [5, 5.41) is 13.3. The highest BCUT2D eigenvalue weighted by Gasteiger charge is 2.39. The molecule has 1 aliphatic heterocycles. The summed E-state index contributed by atoms with van der Waals surface area (Å²) in [5.41, 5.74) is 3.32. The fourth-order valence-corrected chi connectivity index (χ4v) is 4.05. The molecule has 1 aliphatic carbocycles. The molecule has 0 aromatic heterocycles. The van der Waals surface area contributed by atoms with Crippen LogP contribution in [0.5, 0.6) is 0 Å². The molecule has 3 atom stereocenters. The van der Waals surface area contributed by atoms with Crippen molar-refractivity contribution in [3.63, 3.8) is 0 Å². The van der Waals surface area contributed by atoms with Gasteiger partial charge in [-0.2, -0.15) is 0 Å². The highest BCUT2D eigenvalue weighted by molar-refractivity contribution is 6.33. The lowest BCUT2D eigenvalue weighted by molar-refractivity contribution is 0.0696. The molecule has 0 amide bonds. The molecule has 0 radical (unpaired) electrons. The molecule has 2 aromatic carbocycles. The molecule has 1 heterocycles. The summed E-state index contributed by atoms with van der Waals surface area (Å²) in [7, 11) is 0. The maximum absolute atomic E-state index is 11.3. The van der Waals surface area contributed by atoms with Crippen molar-refractivity contribution in [2.24, 2.45) is 5.92 Å². The summed E-state index contributed by atoms with van der Waals surface area (Å²) in [6.45, 7) is 0. The van der Waals surface area contributed by atoms with E-state index in [1.165, 1.54) is 11.6 Å². The highest BCUT2D eigenvalue weighted by Crippen LogP contribution is 2.51. The van der Waals surface area contributed by atoms with Crippen LogP contribution in [0, 0.1) is 5.92 Å². The van der Waals surface area contributed by atoms with E-state index in [2.05, 4.69) is 29.6 Å². The van der Waals surface area contributed by atoms with Crippen LogP contribution in [0.15, 0.2) is 54.6 Å². The van der Waals surface area contributed by atoms with Crippen molar-refractivity contribution in [2.45, 2.75) is 18.4 Å². The van der Waals surface area contributed by atoms with E-state index in [0.29, 0.717) is 10.9 Å². The second-order valence-corrected chi connectivity index (χ2v) is 6.52. The Bertz CT molecular complexity index is 801. The Kier molecular flexibility index (Phi) is 3.38. The van der Waals surface area contributed by atoms with Crippen molar-refractivity contribution in [1.29, 1.82) is 0 Å². The number of carbonyl (C=O) groups is 1. The summed E-state index contributed by atoms with van der Waals surface area (Å²) >= 11 is 6.38. The smallest absolute Gasteiger partial charge is 0.335 e. The van der Waals surface area contributed by atoms with Gasteiger partial charge in [0.15, 0.2) is 0 Å². The minimum absolute atomic E-state index is 0.178. The van der Waals surface area contributed by atoms with Crippen LogP contribution in [0.2, 0.25) is 5.02 Å². The van der Waals surface area contributed by atoms with Crippen molar-refractivity contribution < 1.29 is 9.90 Å². The van der Waals surface area contributed by atoms with Crippen molar-refractivity contribution in [3.05, 3.63) is 76.3 Å². The first-order chi connectivity index (χ1) is 11.1. The maximum Gasteiger partial charge on any atom is 0.335 e. The third-order valence-corrected chi connectivity index (χ3v) is 5.12. The Morgan fingerprint density at radius 2 is 2.00 bits per heavy atom. The molecule has 0 spiro atoms. The van der Waals surface area contributed by atoms with Gasteiger partial charge in [0.1, 0.15) is 0 Å². The molecule has 3 unspecified atom stereocenters. The lowest BCUT2D eigenvalue weighted by Gasteiger charge is -2.38. The number of carboxylic acids is 1. The molecular formula is C19H16ClNO2. The van der Waals surface area contributed by atoms with Gasteiger partial charge in [0.05, 0.1) is 22.3 Å². The molecule has 4 heteroatoms. The van der Waals surface area contributed by atoms with Crippen LogP contribution in [0.1, 0.15) is 39.9 Å². The van der Waals surface area contributed by atoms with E-state index in [0.717, 1.165) is 17.7 Å². The van der Waals surface area contributed by atoms with Gasteiger partial charge in [0, 0.05) is 5.92 Å². The highest BCUT2D eigenvalue weighted by atomic mass is 35.5. The zero-order chi connectivity index (χ0) is 16.0. The quantitative estimate of drug-likeness (QED) is 0.775. The molecule has 0 fully saturated rings. The number of nitrogens with one attached hydrogen (secondary N) is 1. The van der Waals surface area contributed by atoms with Gasteiger partial charge < -0.3 is 10.4 Å². The average Bonchev–Trinajstić information content (AvgIpc) is 3.04. The van der Waals surface area contributed by atoms with Crippen molar-refractivity contribution >= 4 is 23.3 Å². The predicted molar refractivity (Wildman–Crippen MR) is 91.2 cm³/mol. The third-order valence-electron chi connectivity index (χ3n) is 4.83. The topological polar surface area (TPSA) is 49.3 Å². The summed E-state index contributed by atoms with van der Waals surface area (Å²) in [4.78, 5) is 11.3. The molecule has 116 valence electrons. The summed E-state index contributed by atoms with van der Waals surface area (Å²) in [5.74, 6) is -0.364. The molecule has 2 aliphatic rings. The van der Waals surface area contributed by atoms with Gasteiger partial charge in [0.25, 0.3) is 0 Å². The Morgan fingerprint density at radius 3 is 2.74 bits per heavy atom. The molecule has 2 N–H and O–H groups in total. The molecular weight excluding hydrogens is 310 g/mol. The lowest BCUT2D eigenvalue weighted by atomic mass is 9.76. The van der Waals surface area contributed by atoms with Gasteiger partial charge in [0.2, 0.25) is 0 Å². The summed E-state index contributed by atoms with van der Waals surface area (Å²) in [6.07, 6.45) is 5.34. The molecule has 23 heavy (non-hydrogen) atoms. The van der Waals surface area contributed by atoms with Crippen LogP contribution < -0.4 is 5.32 Å². The molecule has 0 bridgehead atoms. The van der Waals surface area contributed by atoms with Crippen LogP contribution in [-0.4, -0.2) is 11.1 Å². The SMILES string of the molecule is O=C(O)c1cc(Cl)c2c(c1)C1C=CCC1C(c1ccccc1)N2. The van der Waals surface area contributed by atoms with Crippen LogP contribution in [0.25, 0.3) is 0 Å². The Morgan fingerprint density at radius 1 is 1.22 bits per heavy atom. The Labute approximate surface area is 139 Å². The first-order valence-electron chi connectivity index (χ1n) is 7.70. The number of halogens is 1. The number of rotatable bonds is 2. The monoisotopic (exact) mass is 325 g/mol.